The Kier molecular flexibility index (Phi) is 10.3. The van der Waals surface area contributed by atoms with Crippen molar-refractivity contribution in [3.63, 3.8) is 0 Å². The molecule has 0 amide bonds. The maximum Gasteiger partial charge on any atom is 0.191 e. The summed E-state index contributed by atoms with van der Waals surface area (Å²) in [5, 5.41) is 11.1. The van der Waals surface area contributed by atoms with Crippen LogP contribution in [-0.2, 0) is 6.42 Å². The number of nitrogens with zero attached hydrogens (tertiary/aromatic N) is 4. The number of guanidine groups is 1. The molecule has 6 nitrogen and oxygen atoms in total. The van der Waals surface area contributed by atoms with E-state index in [-0.39, 0.29) is 24.0 Å². The highest BCUT2D eigenvalue weighted by molar-refractivity contribution is 14.0. The van der Waals surface area contributed by atoms with E-state index in [1.54, 1.807) is 6.20 Å². The maximum atomic E-state index is 4.73. The smallest absolute Gasteiger partial charge is 0.191 e. The van der Waals surface area contributed by atoms with Crippen LogP contribution in [0.1, 0.15) is 31.7 Å². The topological polar surface area (TPSA) is 57.5 Å². The third kappa shape index (κ3) is 7.43. The standard InChI is InChI=1S/C21H32N6.HI/c1-2-22-21(24-14-18-26-15-4-3-5-16-26)23-13-11-19-7-9-20(10-8-19)27-17-6-12-25-27;/h6-10,12,17H,2-5,11,13-16,18H2,1H3,(H2,22,23,24);1H. The Morgan fingerprint density at radius 3 is 2.57 bits per heavy atom. The molecule has 154 valence electrons. The van der Waals surface area contributed by atoms with E-state index in [4.69, 9.17) is 4.99 Å². The number of nitrogens with one attached hydrogen (secondary N) is 2. The van der Waals surface area contributed by atoms with Gasteiger partial charge >= 0.3 is 0 Å². The highest BCUT2D eigenvalue weighted by Gasteiger charge is 2.09. The van der Waals surface area contributed by atoms with E-state index in [1.165, 1.54) is 37.9 Å². The molecule has 0 atom stereocenters. The summed E-state index contributed by atoms with van der Waals surface area (Å²) in [5.74, 6) is 0.919. The lowest BCUT2D eigenvalue weighted by molar-refractivity contribution is 0.235. The average molecular weight is 496 g/mol. The minimum atomic E-state index is 0. The predicted molar refractivity (Wildman–Crippen MR) is 127 cm³/mol. The van der Waals surface area contributed by atoms with Gasteiger partial charge in [-0.1, -0.05) is 18.6 Å². The molecule has 2 heterocycles. The quantitative estimate of drug-likeness (QED) is 0.335. The number of benzene rings is 1. The number of hydrogen-bond donors (Lipinski definition) is 2. The van der Waals surface area contributed by atoms with Crippen LogP contribution in [0.3, 0.4) is 0 Å². The van der Waals surface area contributed by atoms with Crippen molar-refractivity contribution in [2.24, 2.45) is 4.99 Å². The number of piperidine rings is 1. The fourth-order valence-corrected chi connectivity index (χ4v) is 3.39. The summed E-state index contributed by atoms with van der Waals surface area (Å²) in [7, 11) is 0. The third-order valence-corrected chi connectivity index (χ3v) is 4.89. The molecule has 1 aromatic carbocycles. The van der Waals surface area contributed by atoms with E-state index in [9.17, 15) is 0 Å². The van der Waals surface area contributed by atoms with E-state index in [2.05, 4.69) is 51.8 Å². The number of likely N-dealkylation sites (tertiary alicyclic amines) is 1. The second-order valence-electron chi connectivity index (χ2n) is 6.96. The molecule has 1 saturated heterocycles. The second kappa shape index (κ2) is 12.8. The molecular formula is C21H33IN6. The van der Waals surface area contributed by atoms with Crippen molar-refractivity contribution < 1.29 is 0 Å². The minimum absolute atomic E-state index is 0. The van der Waals surface area contributed by atoms with Crippen molar-refractivity contribution >= 4 is 29.9 Å². The van der Waals surface area contributed by atoms with Crippen LogP contribution in [0, 0.1) is 0 Å². The molecule has 1 aliphatic heterocycles. The van der Waals surface area contributed by atoms with Gasteiger partial charge in [0.15, 0.2) is 5.96 Å². The molecular weight excluding hydrogens is 463 g/mol. The van der Waals surface area contributed by atoms with Crippen LogP contribution in [0.15, 0.2) is 47.7 Å². The molecule has 0 spiro atoms. The van der Waals surface area contributed by atoms with Gasteiger partial charge in [-0.05, 0) is 63.0 Å². The first-order valence-electron chi connectivity index (χ1n) is 10.2. The number of aromatic nitrogens is 2. The van der Waals surface area contributed by atoms with Gasteiger partial charge in [0.1, 0.15) is 0 Å². The van der Waals surface area contributed by atoms with Crippen LogP contribution in [-0.4, -0.2) is 59.9 Å². The van der Waals surface area contributed by atoms with E-state index in [0.717, 1.165) is 44.2 Å². The summed E-state index contributed by atoms with van der Waals surface area (Å²) in [5.41, 5.74) is 2.40. The van der Waals surface area contributed by atoms with Crippen molar-refractivity contribution in [1.82, 2.24) is 25.3 Å². The molecule has 0 radical (unpaired) electrons. The Hall–Kier alpha value is -1.61. The Morgan fingerprint density at radius 1 is 1.11 bits per heavy atom. The summed E-state index contributed by atoms with van der Waals surface area (Å²) in [6, 6.07) is 10.5. The molecule has 2 N–H and O–H groups in total. The molecule has 1 fully saturated rings. The molecule has 1 aliphatic rings. The highest BCUT2D eigenvalue weighted by Crippen LogP contribution is 2.09. The van der Waals surface area contributed by atoms with Gasteiger partial charge in [-0.3, -0.25) is 4.99 Å². The number of hydrogen-bond acceptors (Lipinski definition) is 3. The lowest BCUT2D eigenvalue weighted by Gasteiger charge is -2.25. The monoisotopic (exact) mass is 496 g/mol. The van der Waals surface area contributed by atoms with E-state index in [0.29, 0.717) is 0 Å². The molecule has 7 heteroatoms. The maximum absolute atomic E-state index is 4.73. The fraction of sp³-hybridized carbons (Fsp3) is 0.524. The predicted octanol–water partition coefficient (Wildman–Crippen LogP) is 3.07. The summed E-state index contributed by atoms with van der Waals surface area (Å²) in [6.45, 7) is 8.24. The Morgan fingerprint density at radius 2 is 1.89 bits per heavy atom. The van der Waals surface area contributed by atoms with Crippen molar-refractivity contribution in [1.29, 1.82) is 0 Å². The largest absolute Gasteiger partial charge is 0.357 e. The highest BCUT2D eigenvalue weighted by atomic mass is 127. The summed E-state index contributed by atoms with van der Waals surface area (Å²) in [6.07, 6.45) is 8.77. The third-order valence-electron chi connectivity index (χ3n) is 4.89. The SMILES string of the molecule is CCNC(=NCCN1CCCCC1)NCCc1ccc(-n2cccn2)cc1.I. The normalized spacial score (nSPS) is 15.1. The first-order chi connectivity index (χ1) is 13.3. The van der Waals surface area contributed by atoms with Crippen molar-refractivity contribution in [2.75, 3.05) is 39.3 Å². The Labute approximate surface area is 185 Å². The first-order valence-corrected chi connectivity index (χ1v) is 10.2. The van der Waals surface area contributed by atoms with E-state index < -0.39 is 0 Å². The molecule has 2 aromatic rings. The first kappa shape index (κ1) is 22.7. The molecule has 1 aromatic heterocycles. The number of rotatable bonds is 8. The van der Waals surface area contributed by atoms with Crippen LogP contribution in [0.4, 0.5) is 0 Å². The molecule has 0 aliphatic carbocycles. The zero-order chi connectivity index (χ0) is 18.7. The van der Waals surface area contributed by atoms with Crippen LogP contribution in [0.25, 0.3) is 5.69 Å². The van der Waals surface area contributed by atoms with Gasteiger partial charge in [0.05, 0.1) is 12.2 Å². The van der Waals surface area contributed by atoms with Gasteiger partial charge in [0, 0.05) is 32.0 Å². The van der Waals surface area contributed by atoms with E-state index >= 15 is 0 Å². The Bertz CT molecular complexity index is 677. The van der Waals surface area contributed by atoms with Crippen LogP contribution >= 0.6 is 24.0 Å². The van der Waals surface area contributed by atoms with E-state index in [1.807, 2.05) is 16.9 Å². The minimum Gasteiger partial charge on any atom is -0.357 e. The molecule has 28 heavy (non-hydrogen) atoms. The van der Waals surface area contributed by atoms with Crippen molar-refractivity contribution in [2.45, 2.75) is 32.6 Å². The lowest BCUT2D eigenvalue weighted by atomic mass is 10.1. The number of aliphatic imine (C=N–C) groups is 1. The zero-order valence-electron chi connectivity index (χ0n) is 16.8. The molecule has 0 unspecified atom stereocenters. The van der Waals surface area contributed by atoms with Crippen molar-refractivity contribution in [3.05, 3.63) is 48.3 Å². The van der Waals surface area contributed by atoms with Gasteiger partial charge in [0.2, 0.25) is 0 Å². The zero-order valence-corrected chi connectivity index (χ0v) is 19.1. The number of halogens is 1. The molecule has 3 rings (SSSR count). The molecule has 0 saturated carbocycles. The second-order valence-corrected chi connectivity index (χ2v) is 6.96. The van der Waals surface area contributed by atoms with Gasteiger partial charge in [-0.2, -0.15) is 5.10 Å². The van der Waals surface area contributed by atoms with Crippen LogP contribution < -0.4 is 10.6 Å². The average Bonchev–Trinajstić information content (AvgIpc) is 3.24. The molecule has 0 bridgehead atoms. The van der Waals surface area contributed by atoms with Crippen LogP contribution in [0.2, 0.25) is 0 Å². The summed E-state index contributed by atoms with van der Waals surface area (Å²) < 4.78 is 1.88. The van der Waals surface area contributed by atoms with Crippen LogP contribution in [0.5, 0.6) is 0 Å². The van der Waals surface area contributed by atoms with Gasteiger partial charge in [-0.15, -0.1) is 24.0 Å². The van der Waals surface area contributed by atoms with Gasteiger partial charge in [-0.25, -0.2) is 4.68 Å². The Balaban J connectivity index is 0.00000280. The van der Waals surface area contributed by atoms with Gasteiger partial charge in [0.25, 0.3) is 0 Å². The lowest BCUT2D eigenvalue weighted by Crippen LogP contribution is -2.39. The fourth-order valence-electron chi connectivity index (χ4n) is 3.39. The van der Waals surface area contributed by atoms with Gasteiger partial charge < -0.3 is 15.5 Å². The van der Waals surface area contributed by atoms with Crippen molar-refractivity contribution in [3.8, 4) is 5.69 Å². The summed E-state index contributed by atoms with van der Waals surface area (Å²) in [4.78, 5) is 7.25. The summed E-state index contributed by atoms with van der Waals surface area (Å²) >= 11 is 0.